The minimum Gasteiger partial charge on any atom is -0.462 e. The summed E-state index contributed by atoms with van der Waals surface area (Å²) in [5.74, 6) is -1.23. The summed E-state index contributed by atoms with van der Waals surface area (Å²) in [4.78, 5) is 23.7. The van der Waals surface area contributed by atoms with Gasteiger partial charge in [-0.25, -0.2) is 9.59 Å². The monoisotopic (exact) mass is 530 g/mol. The zero-order valence-corrected chi connectivity index (χ0v) is 22.7. The Kier molecular flexibility index (Phi) is 11.5. The number of aliphatic hydroxyl groups is 2. The van der Waals surface area contributed by atoms with Crippen molar-refractivity contribution in [2.45, 2.75) is 45.4 Å². The SMILES string of the molecule is C=C(CO)C(=O)OCCc1cc(CCOC(=O)C(=C)CO)cc(-c2ccc3cc(CCCCC)ccc3c2)c1. The Labute approximate surface area is 230 Å². The maximum atomic E-state index is 11.9. The van der Waals surface area contributed by atoms with Crippen LogP contribution < -0.4 is 0 Å². The van der Waals surface area contributed by atoms with Gasteiger partial charge in [0.05, 0.1) is 37.6 Å². The van der Waals surface area contributed by atoms with E-state index in [4.69, 9.17) is 19.7 Å². The van der Waals surface area contributed by atoms with E-state index in [1.807, 2.05) is 6.07 Å². The molecule has 0 saturated heterocycles. The van der Waals surface area contributed by atoms with E-state index < -0.39 is 25.2 Å². The summed E-state index contributed by atoms with van der Waals surface area (Å²) in [5, 5.41) is 20.5. The zero-order chi connectivity index (χ0) is 28.2. The van der Waals surface area contributed by atoms with Gasteiger partial charge in [0.1, 0.15) is 0 Å². The Morgan fingerprint density at radius 3 is 1.79 bits per heavy atom. The smallest absolute Gasteiger partial charge is 0.335 e. The number of carbonyl (C=O) groups excluding carboxylic acids is 2. The number of fused-ring (bicyclic) bond motifs is 1. The highest BCUT2D eigenvalue weighted by atomic mass is 16.5. The van der Waals surface area contributed by atoms with Crippen molar-refractivity contribution in [3.63, 3.8) is 0 Å². The molecule has 0 fully saturated rings. The molecule has 0 saturated carbocycles. The lowest BCUT2D eigenvalue weighted by Gasteiger charge is -2.13. The Morgan fingerprint density at radius 2 is 1.23 bits per heavy atom. The third-order valence-electron chi connectivity index (χ3n) is 6.57. The standard InChI is InChI=1S/C33H38O6/c1-4-5-6-7-25-8-9-29-20-30(11-10-28(29)17-25)31-18-26(12-14-38-32(36)23(2)21-34)16-27(19-31)13-15-39-33(37)24(3)22-35/h8-11,16-20,34-35H,2-7,12-15,21-22H2,1H3. The van der Waals surface area contributed by atoms with Crippen LogP contribution in [0.3, 0.4) is 0 Å². The second-order valence-corrected chi connectivity index (χ2v) is 9.69. The number of unbranched alkanes of at least 4 members (excludes halogenated alkanes) is 2. The molecule has 39 heavy (non-hydrogen) atoms. The largest absolute Gasteiger partial charge is 0.462 e. The summed E-state index contributed by atoms with van der Waals surface area (Å²) in [7, 11) is 0. The highest BCUT2D eigenvalue weighted by Crippen LogP contribution is 2.28. The second-order valence-electron chi connectivity index (χ2n) is 9.69. The van der Waals surface area contributed by atoms with Crippen LogP contribution in [0.2, 0.25) is 0 Å². The van der Waals surface area contributed by atoms with Gasteiger partial charge in [0.15, 0.2) is 0 Å². The van der Waals surface area contributed by atoms with Crippen LogP contribution in [-0.4, -0.2) is 48.6 Å². The Bertz CT molecular complexity index is 1270. The first-order chi connectivity index (χ1) is 18.8. The first kappa shape index (κ1) is 29.8. The third-order valence-corrected chi connectivity index (χ3v) is 6.57. The van der Waals surface area contributed by atoms with E-state index >= 15 is 0 Å². The van der Waals surface area contributed by atoms with Crippen LogP contribution in [0.5, 0.6) is 0 Å². The van der Waals surface area contributed by atoms with Gasteiger partial charge in [0, 0.05) is 12.8 Å². The van der Waals surface area contributed by atoms with Crippen molar-refractivity contribution < 1.29 is 29.3 Å². The number of ether oxygens (including phenoxy) is 2. The maximum absolute atomic E-state index is 11.9. The average Bonchev–Trinajstić information content (AvgIpc) is 2.95. The zero-order valence-electron chi connectivity index (χ0n) is 22.7. The highest BCUT2D eigenvalue weighted by molar-refractivity contribution is 5.89. The summed E-state index contributed by atoms with van der Waals surface area (Å²) in [5.41, 5.74) is 5.37. The number of hydrogen-bond donors (Lipinski definition) is 2. The van der Waals surface area contributed by atoms with Crippen molar-refractivity contribution >= 4 is 22.7 Å². The van der Waals surface area contributed by atoms with E-state index in [1.54, 1.807) is 0 Å². The van der Waals surface area contributed by atoms with Crippen LogP contribution in [0.1, 0.15) is 42.9 Å². The number of rotatable bonds is 15. The van der Waals surface area contributed by atoms with Gasteiger partial charge in [-0.15, -0.1) is 0 Å². The van der Waals surface area contributed by atoms with Crippen LogP contribution in [0, 0.1) is 0 Å². The van der Waals surface area contributed by atoms with Crippen molar-refractivity contribution in [2.75, 3.05) is 26.4 Å². The normalized spacial score (nSPS) is 10.8. The summed E-state index contributed by atoms with van der Waals surface area (Å²) in [6.45, 7) is 8.60. The quantitative estimate of drug-likeness (QED) is 0.153. The lowest BCUT2D eigenvalue weighted by Crippen LogP contribution is -2.13. The van der Waals surface area contributed by atoms with Crippen molar-refractivity contribution in [3.8, 4) is 11.1 Å². The molecule has 3 rings (SSSR count). The lowest BCUT2D eigenvalue weighted by molar-refractivity contribution is -0.140. The molecule has 2 N–H and O–H groups in total. The summed E-state index contributed by atoms with van der Waals surface area (Å²) < 4.78 is 10.5. The summed E-state index contributed by atoms with van der Waals surface area (Å²) in [6, 6.07) is 19.2. The molecule has 0 aliphatic heterocycles. The van der Waals surface area contributed by atoms with E-state index in [-0.39, 0.29) is 24.4 Å². The maximum Gasteiger partial charge on any atom is 0.335 e. The molecule has 0 bridgehead atoms. The molecular weight excluding hydrogens is 492 g/mol. The Hall–Kier alpha value is -3.74. The molecule has 0 aromatic heterocycles. The van der Waals surface area contributed by atoms with E-state index in [1.165, 1.54) is 30.2 Å². The van der Waals surface area contributed by atoms with Gasteiger partial charge in [-0.3, -0.25) is 0 Å². The molecule has 0 spiro atoms. The van der Waals surface area contributed by atoms with Crippen LogP contribution in [0.25, 0.3) is 21.9 Å². The van der Waals surface area contributed by atoms with E-state index in [2.05, 4.69) is 68.6 Å². The molecule has 0 aliphatic rings. The Balaban J connectivity index is 1.82. The van der Waals surface area contributed by atoms with Crippen LogP contribution >= 0.6 is 0 Å². The molecule has 206 valence electrons. The molecule has 0 unspecified atom stereocenters. The molecule has 6 heteroatoms. The van der Waals surface area contributed by atoms with E-state index in [9.17, 15) is 9.59 Å². The van der Waals surface area contributed by atoms with Gasteiger partial charge >= 0.3 is 11.9 Å². The highest BCUT2D eigenvalue weighted by Gasteiger charge is 2.11. The third kappa shape index (κ3) is 8.91. The molecule has 0 heterocycles. The fourth-order valence-corrected chi connectivity index (χ4v) is 4.28. The van der Waals surface area contributed by atoms with Crippen molar-refractivity contribution in [2.24, 2.45) is 0 Å². The van der Waals surface area contributed by atoms with Crippen molar-refractivity contribution in [3.05, 3.63) is 95.6 Å². The molecule has 3 aromatic carbocycles. The molecule has 0 atom stereocenters. The fraction of sp³-hybridized carbons (Fsp3) is 0.333. The van der Waals surface area contributed by atoms with Gasteiger partial charge in [-0.05, 0) is 57.5 Å². The lowest BCUT2D eigenvalue weighted by atomic mass is 9.95. The van der Waals surface area contributed by atoms with Gasteiger partial charge in [0.2, 0.25) is 0 Å². The minimum absolute atomic E-state index is 0.0143. The average molecular weight is 531 g/mol. The molecular formula is C33H38O6. The molecule has 6 nitrogen and oxygen atoms in total. The van der Waals surface area contributed by atoms with Crippen molar-refractivity contribution in [1.29, 1.82) is 0 Å². The van der Waals surface area contributed by atoms with Gasteiger partial charge in [0.25, 0.3) is 0 Å². The number of benzene rings is 3. The van der Waals surface area contributed by atoms with Crippen LogP contribution in [0.4, 0.5) is 0 Å². The number of aliphatic hydroxyl groups excluding tert-OH is 2. The van der Waals surface area contributed by atoms with Gasteiger partial charge in [-0.1, -0.05) is 81.5 Å². The number of hydrogen-bond acceptors (Lipinski definition) is 6. The minimum atomic E-state index is -0.617. The molecule has 3 aromatic rings. The molecule has 0 aliphatic carbocycles. The number of esters is 2. The number of aryl methyl sites for hydroxylation is 1. The summed E-state index contributed by atoms with van der Waals surface area (Å²) in [6.07, 6.45) is 5.67. The van der Waals surface area contributed by atoms with Crippen LogP contribution in [-0.2, 0) is 38.3 Å². The molecule has 0 radical (unpaired) electrons. The summed E-state index contributed by atoms with van der Waals surface area (Å²) >= 11 is 0. The number of carbonyl (C=O) groups is 2. The van der Waals surface area contributed by atoms with E-state index in [0.717, 1.165) is 34.1 Å². The van der Waals surface area contributed by atoms with Crippen molar-refractivity contribution in [1.82, 2.24) is 0 Å². The van der Waals surface area contributed by atoms with E-state index in [0.29, 0.717) is 12.8 Å². The van der Waals surface area contributed by atoms with Gasteiger partial charge in [-0.2, -0.15) is 0 Å². The Morgan fingerprint density at radius 1 is 0.667 bits per heavy atom. The first-order valence-corrected chi connectivity index (χ1v) is 13.4. The van der Waals surface area contributed by atoms with Crippen LogP contribution in [0.15, 0.2) is 78.9 Å². The van der Waals surface area contributed by atoms with Gasteiger partial charge < -0.3 is 19.7 Å². The second kappa shape index (κ2) is 15.0. The predicted octanol–water partition coefficient (Wildman–Crippen LogP) is 5.51. The topological polar surface area (TPSA) is 93.1 Å². The molecule has 0 amide bonds. The fourth-order valence-electron chi connectivity index (χ4n) is 4.28. The first-order valence-electron chi connectivity index (χ1n) is 13.4. The predicted molar refractivity (Wildman–Crippen MR) is 154 cm³/mol.